The van der Waals surface area contributed by atoms with Gasteiger partial charge in [-0.3, -0.25) is 0 Å². The van der Waals surface area contributed by atoms with Crippen LogP contribution in [0.2, 0.25) is 0 Å². The zero-order valence-electron chi connectivity index (χ0n) is 7.97. The summed E-state index contributed by atoms with van der Waals surface area (Å²) >= 11 is 3.40. The maximum absolute atomic E-state index is 3.80. The smallest absolute Gasteiger partial charge is 0.0568 e. The van der Waals surface area contributed by atoms with E-state index >= 15 is 0 Å². The van der Waals surface area contributed by atoms with Gasteiger partial charge < -0.3 is 0 Å². The summed E-state index contributed by atoms with van der Waals surface area (Å²) in [6, 6.07) is 10.1. The molecule has 15 heavy (non-hydrogen) atoms. The maximum Gasteiger partial charge on any atom is 0.0568 e. The molecule has 0 aliphatic rings. The molecule has 0 amide bonds. The SMILES string of the molecule is Brc1ccc(C=Cc2ccnnc2)cc1. The molecule has 0 aliphatic heterocycles. The molecule has 0 saturated carbocycles. The number of benzene rings is 1. The average molecular weight is 261 g/mol. The molecular formula is C12H9BrN2. The number of aromatic nitrogens is 2. The van der Waals surface area contributed by atoms with Crippen LogP contribution in [-0.4, -0.2) is 10.2 Å². The van der Waals surface area contributed by atoms with Crippen LogP contribution in [0.5, 0.6) is 0 Å². The first kappa shape index (κ1) is 10.1. The Morgan fingerprint density at radius 2 is 1.60 bits per heavy atom. The molecule has 2 rings (SSSR count). The number of halogens is 1. The van der Waals surface area contributed by atoms with E-state index in [4.69, 9.17) is 0 Å². The lowest BCUT2D eigenvalue weighted by Gasteiger charge is -1.93. The van der Waals surface area contributed by atoms with E-state index in [2.05, 4.69) is 38.3 Å². The van der Waals surface area contributed by atoms with E-state index in [1.54, 1.807) is 12.4 Å². The van der Waals surface area contributed by atoms with Crippen molar-refractivity contribution < 1.29 is 0 Å². The van der Waals surface area contributed by atoms with Gasteiger partial charge in [-0.1, -0.05) is 40.2 Å². The molecule has 0 unspecified atom stereocenters. The Morgan fingerprint density at radius 3 is 2.27 bits per heavy atom. The van der Waals surface area contributed by atoms with Gasteiger partial charge in [-0.05, 0) is 29.3 Å². The largest absolute Gasteiger partial charge is 0.159 e. The summed E-state index contributed by atoms with van der Waals surface area (Å²) in [7, 11) is 0. The molecule has 0 bridgehead atoms. The van der Waals surface area contributed by atoms with Crippen molar-refractivity contribution in [2.75, 3.05) is 0 Å². The van der Waals surface area contributed by atoms with Gasteiger partial charge in [0.25, 0.3) is 0 Å². The lowest BCUT2D eigenvalue weighted by atomic mass is 10.2. The molecule has 74 valence electrons. The Morgan fingerprint density at radius 1 is 0.867 bits per heavy atom. The number of rotatable bonds is 2. The summed E-state index contributed by atoms with van der Waals surface area (Å²) in [5.41, 5.74) is 2.21. The molecule has 0 radical (unpaired) electrons. The van der Waals surface area contributed by atoms with Crippen molar-refractivity contribution in [1.82, 2.24) is 10.2 Å². The van der Waals surface area contributed by atoms with Gasteiger partial charge in [-0.25, -0.2) is 0 Å². The second-order valence-corrected chi connectivity index (χ2v) is 3.98. The normalized spacial score (nSPS) is 10.7. The van der Waals surface area contributed by atoms with E-state index < -0.39 is 0 Å². The third kappa shape index (κ3) is 2.99. The summed E-state index contributed by atoms with van der Waals surface area (Å²) in [5, 5.41) is 7.52. The minimum absolute atomic E-state index is 1.05. The quantitative estimate of drug-likeness (QED) is 0.827. The Kier molecular flexibility index (Phi) is 3.25. The fraction of sp³-hybridized carbons (Fsp3) is 0. The van der Waals surface area contributed by atoms with Crippen LogP contribution in [0.4, 0.5) is 0 Å². The Bertz CT molecular complexity index is 449. The van der Waals surface area contributed by atoms with E-state index in [0.29, 0.717) is 0 Å². The molecule has 0 fully saturated rings. The van der Waals surface area contributed by atoms with E-state index in [1.165, 1.54) is 0 Å². The van der Waals surface area contributed by atoms with Crippen LogP contribution in [0.25, 0.3) is 12.2 Å². The second-order valence-electron chi connectivity index (χ2n) is 3.06. The van der Waals surface area contributed by atoms with Crippen LogP contribution in [0.15, 0.2) is 47.2 Å². The number of hydrogen-bond donors (Lipinski definition) is 0. The molecule has 0 aliphatic carbocycles. The van der Waals surface area contributed by atoms with Crippen LogP contribution in [0.1, 0.15) is 11.1 Å². The molecule has 0 spiro atoms. The fourth-order valence-electron chi connectivity index (χ4n) is 1.17. The van der Waals surface area contributed by atoms with Crippen LogP contribution in [0.3, 0.4) is 0 Å². The summed E-state index contributed by atoms with van der Waals surface area (Å²) in [4.78, 5) is 0. The molecule has 0 atom stereocenters. The topological polar surface area (TPSA) is 25.8 Å². The van der Waals surface area contributed by atoms with Crippen LogP contribution >= 0.6 is 15.9 Å². The minimum Gasteiger partial charge on any atom is -0.159 e. The molecule has 1 aromatic carbocycles. The van der Waals surface area contributed by atoms with Gasteiger partial charge in [0, 0.05) is 4.47 Å². The second kappa shape index (κ2) is 4.84. The molecular weight excluding hydrogens is 252 g/mol. The first-order valence-corrected chi connectivity index (χ1v) is 5.34. The predicted octanol–water partition coefficient (Wildman–Crippen LogP) is 3.41. The third-order valence-corrected chi connectivity index (χ3v) is 2.47. The van der Waals surface area contributed by atoms with Gasteiger partial charge in [0.15, 0.2) is 0 Å². The summed E-state index contributed by atoms with van der Waals surface area (Å²) in [6.07, 6.45) is 7.47. The van der Waals surface area contributed by atoms with Crippen molar-refractivity contribution in [3.63, 3.8) is 0 Å². The summed E-state index contributed by atoms with van der Waals surface area (Å²) in [5.74, 6) is 0. The summed E-state index contributed by atoms with van der Waals surface area (Å²) < 4.78 is 1.09. The Balaban J connectivity index is 2.15. The highest BCUT2D eigenvalue weighted by molar-refractivity contribution is 9.10. The van der Waals surface area contributed by atoms with E-state index in [0.717, 1.165) is 15.6 Å². The lowest BCUT2D eigenvalue weighted by molar-refractivity contribution is 1.03. The first-order chi connectivity index (χ1) is 7.34. The van der Waals surface area contributed by atoms with Gasteiger partial charge in [0.05, 0.1) is 12.4 Å². The molecule has 2 nitrogen and oxygen atoms in total. The van der Waals surface area contributed by atoms with Crippen molar-refractivity contribution in [3.05, 3.63) is 58.3 Å². The predicted molar refractivity (Wildman–Crippen MR) is 65.1 cm³/mol. The van der Waals surface area contributed by atoms with Crippen LogP contribution < -0.4 is 0 Å². The number of hydrogen-bond acceptors (Lipinski definition) is 2. The summed E-state index contributed by atoms with van der Waals surface area (Å²) in [6.45, 7) is 0. The van der Waals surface area contributed by atoms with Crippen molar-refractivity contribution >= 4 is 28.1 Å². The van der Waals surface area contributed by atoms with Crippen LogP contribution in [-0.2, 0) is 0 Å². The minimum atomic E-state index is 1.05. The Labute approximate surface area is 96.8 Å². The molecule has 3 heteroatoms. The van der Waals surface area contributed by atoms with Crippen molar-refractivity contribution in [3.8, 4) is 0 Å². The maximum atomic E-state index is 3.80. The molecule has 0 saturated heterocycles. The highest BCUT2D eigenvalue weighted by Crippen LogP contribution is 2.12. The van der Waals surface area contributed by atoms with E-state index in [-0.39, 0.29) is 0 Å². The molecule has 0 N–H and O–H groups in total. The van der Waals surface area contributed by atoms with Gasteiger partial charge in [-0.2, -0.15) is 10.2 Å². The monoisotopic (exact) mass is 260 g/mol. The van der Waals surface area contributed by atoms with Crippen LogP contribution in [0, 0.1) is 0 Å². The lowest BCUT2D eigenvalue weighted by Crippen LogP contribution is -1.78. The Hall–Kier alpha value is -1.48. The first-order valence-electron chi connectivity index (χ1n) is 4.55. The van der Waals surface area contributed by atoms with Crippen molar-refractivity contribution in [2.24, 2.45) is 0 Å². The van der Waals surface area contributed by atoms with Crippen molar-refractivity contribution in [1.29, 1.82) is 0 Å². The zero-order valence-corrected chi connectivity index (χ0v) is 9.55. The van der Waals surface area contributed by atoms with Gasteiger partial charge >= 0.3 is 0 Å². The standard InChI is InChI=1S/C12H9BrN2/c13-12-5-3-10(4-6-12)1-2-11-7-8-14-15-9-11/h1-9H. The van der Waals surface area contributed by atoms with E-state index in [9.17, 15) is 0 Å². The third-order valence-electron chi connectivity index (χ3n) is 1.95. The molecule has 2 aromatic rings. The molecule has 1 heterocycles. The van der Waals surface area contributed by atoms with Gasteiger partial charge in [-0.15, -0.1) is 0 Å². The fourth-order valence-corrected chi connectivity index (χ4v) is 1.43. The van der Waals surface area contributed by atoms with E-state index in [1.807, 2.05) is 30.4 Å². The highest BCUT2D eigenvalue weighted by Gasteiger charge is 1.88. The number of nitrogens with zero attached hydrogens (tertiary/aromatic N) is 2. The highest BCUT2D eigenvalue weighted by atomic mass is 79.9. The van der Waals surface area contributed by atoms with Gasteiger partial charge in [0.1, 0.15) is 0 Å². The molecule has 1 aromatic heterocycles. The zero-order chi connectivity index (χ0) is 10.5. The van der Waals surface area contributed by atoms with Gasteiger partial charge in [0.2, 0.25) is 0 Å². The average Bonchev–Trinajstić information content (AvgIpc) is 2.30. The van der Waals surface area contributed by atoms with Crippen molar-refractivity contribution in [2.45, 2.75) is 0 Å².